The van der Waals surface area contributed by atoms with Crippen LogP contribution in [0.15, 0.2) is 42.5 Å². The third-order valence-electron chi connectivity index (χ3n) is 3.08. The van der Waals surface area contributed by atoms with E-state index in [1.165, 1.54) is 12.1 Å². The molecule has 20 heavy (non-hydrogen) atoms. The number of amides is 1. The Kier molecular flexibility index (Phi) is 4.35. The van der Waals surface area contributed by atoms with Gasteiger partial charge < -0.3 is 10.4 Å². The van der Waals surface area contributed by atoms with E-state index in [0.717, 1.165) is 11.1 Å². The lowest BCUT2D eigenvalue weighted by Crippen LogP contribution is -2.26. The third-order valence-corrected chi connectivity index (χ3v) is 3.08. The number of nitrogens with one attached hydrogen (secondary N) is 1. The molecule has 0 aromatic heterocycles. The molecule has 0 aliphatic carbocycles. The van der Waals surface area contributed by atoms with Crippen LogP contribution in [0, 0.1) is 12.7 Å². The minimum Gasteiger partial charge on any atom is -0.508 e. The van der Waals surface area contributed by atoms with Crippen molar-refractivity contribution in [2.45, 2.75) is 13.3 Å². The van der Waals surface area contributed by atoms with E-state index in [9.17, 15) is 14.3 Å². The van der Waals surface area contributed by atoms with Crippen molar-refractivity contribution in [3.63, 3.8) is 0 Å². The van der Waals surface area contributed by atoms with Crippen LogP contribution in [0.25, 0.3) is 0 Å². The molecule has 2 rings (SSSR count). The van der Waals surface area contributed by atoms with Gasteiger partial charge in [0.2, 0.25) is 0 Å². The van der Waals surface area contributed by atoms with Crippen LogP contribution in [0.3, 0.4) is 0 Å². The van der Waals surface area contributed by atoms with Crippen molar-refractivity contribution in [1.29, 1.82) is 0 Å². The number of halogens is 1. The van der Waals surface area contributed by atoms with Crippen LogP contribution in [0.4, 0.5) is 4.39 Å². The zero-order valence-electron chi connectivity index (χ0n) is 11.2. The van der Waals surface area contributed by atoms with Gasteiger partial charge in [0.1, 0.15) is 11.6 Å². The Morgan fingerprint density at radius 1 is 1.20 bits per heavy atom. The summed E-state index contributed by atoms with van der Waals surface area (Å²) in [5.41, 5.74) is 2.11. The van der Waals surface area contributed by atoms with Gasteiger partial charge in [-0.25, -0.2) is 4.39 Å². The van der Waals surface area contributed by atoms with Crippen LogP contribution in [0.5, 0.6) is 5.75 Å². The fraction of sp³-hybridized carbons (Fsp3) is 0.188. The number of aryl methyl sites for hydroxylation is 1. The first kappa shape index (κ1) is 14.1. The SMILES string of the molecule is Cc1ccc(F)cc1C(=O)NCCc1ccc(O)cc1. The first-order valence-electron chi connectivity index (χ1n) is 6.38. The summed E-state index contributed by atoms with van der Waals surface area (Å²) in [4.78, 5) is 11.9. The summed E-state index contributed by atoms with van der Waals surface area (Å²) in [7, 11) is 0. The van der Waals surface area contributed by atoms with Crippen molar-refractivity contribution in [2.24, 2.45) is 0 Å². The molecule has 4 heteroatoms. The largest absolute Gasteiger partial charge is 0.508 e. The van der Waals surface area contributed by atoms with Gasteiger partial charge >= 0.3 is 0 Å². The monoisotopic (exact) mass is 273 g/mol. The van der Waals surface area contributed by atoms with Gasteiger partial charge in [0, 0.05) is 12.1 Å². The van der Waals surface area contributed by atoms with Crippen LogP contribution in [-0.2, 0) is 6.42 Å². The maximum atomic E-state index is 13.1. The molecule has 1 amide bonds. The lowest BCUT2D eigenvalue weighted by atomic mass is 10.1. The van der Waals surface area contributed by atoms with E-state index in [4.69, 9.17) is 0 Å². The summed E-state index contributed by atoms with van der Waals surface area (Å²) < 4.78 is 13.1. The summed E-state index contributed by atoms with van der Waals surface area (Å²) in [6, 6.07) is 11.0. The van der Waals surface area contributed by atoms with Gasteiger partial charge in [-0.1, -0.05) is 18.2 Å². The molecule has 2 aromatic rings. The van der Waals surface area contributed by atoms with Crippen molar-refractivity contribution < 1.29 is 14.3 Å². The zero-order valence-corrected chi connectivity index (χ0v) is 11.2. The molecular formula is C16H16FNO2. The molecule has 0 bridgehead atoms. The van der Waals surface area contributed by atoms with E-state index in [2.05, 4.69) is 5.32 Å². The topological polar surface area (TPSA) is 49.3 Å². The molecule has 0 saturated carbocycles. The van der Waals surface area contributed by atoms with Gasteiger partial charge in [-0.05, 0) is 48.7 Å². The Bertz CT molecular complexity index is 608. The summed E-state index contributed by atoms with van der Waals surface area (Å²) >= 11 is 0. The fourth-order valence-electron chi connectivity index (χ4n) is 1.92. The molecule has 0 heterocycles. The Morgan fingerprint density at radius 3 is 2.60 bits per heavy atom. The number of hydrogen-bond acceptors (Lipinski definition) is 2. The molecule has 104 valence electrons. The van der Waals surface area contributed by atoms with Crippen molar-refractivity contribution in [1.82, 2.24) is 5.32 Å². The summed E-state index contributed by atoms with van der Waals surface area (Å²) in [5.74, 6) is -0.478. The summed E-state index contributed by atoms with van der Waals surface area (Å²) in [6.45, 7) is 2.23. The fourth-order valence-corrected chi connectivity index (χ4v) is 1.92. The van der Waals surface area contributed by atoms with E-state index >= 15 is 0 Å². The van der Waals surface area contributed by atoms with E-state index in [1.54, 1.807) is 37.3 Å². The number of carbonyl (C=O) groups excluding carboxylic acids is 1. The third kappa shape index (κ3) is 3.57. The number of phenols is 1. The highest BCUT2D eigenvalue weighted by Crippen LogP contribution is 2.11. The van der Waals surface area contributed by atoms with Crippen LogP contribution < -0.4 is 5.32 Å². The quantitative estimate of drug-likeness (QED) is 0.900. The van der Waals surface area contributed by atoms with Gasteiger partial charge in [-0.2, -0.15) is 0 Å². The Morgan fingerprint density at radius 2 is 1.90 bits per heavy atom. The molecule has 0 spiro atoms. The lowest BCUT2D eigenvalue weighted by Gasteiger charge is -2.08. The number of carbonyl (C=O) groups is 1. The molecule has 0 fully saturated rings. The van der Waals surface area contributed by atoms with E-state index in [-0.39, 0.29) is 11.7 Å². The first-order valence-corrected chi connectivity index (χ1v) is 6.38. The zero-order chi connectivity index (χ0) is 14.5. The summed E-state index contributed by atoms with van der Waals surface area (Å²) in [6.07, 6.45) is 0.653. The van der Waals surface area contributed by atoms with Gasteiger partial charge in [0.15, 0.2) is 0 Å². The minimum atomic E-state index is -0.417. The Labute approximate surface area is 117 Å². The summed E-state index contributed by atoms with van der Waals surface area (Å²) in [5, 5.41) is 11.9. The molecule has 0 unspecified atom stereocenters. The Hall–Kier alpha value is -2.36. The van der Waals surface area contributed by atoms with Crippen molar-refractivity contribution >= 4 is 5.91 Å². The van der Waals surface area contributed by atoms with E-state index in [1.807, 2.05) is 0 Å². The van der Waals surface area contributed by atoms with E-state index in [0.29, 0.717) is 18.5 Å². The predicted octanol–water partition coefficient (Wildman–Crippen LogP) is 2.81. The normalized spacial score (nSPS) is 10.3. The number of hydrogen-bond donors (Lipinski definition) is 2. The molecule has 2 aromatic carbocycles. The molecular weight excluding hydrogens is 257 g/mol. The maximum Gasteiger partial charge on any atom is 0.251 e. The highest BCUT2D eigenvalue weighted by molar-refractivity contribution is 5.95. The number of rotatable bonds is 4. The van der Waals surface area contributed by atoms with Gasteiger partial charge in [-0.15, -0.1) is 0 Å². The Balaban J connectivity index is 1.92. The van der Waals surface area contributed by atoms with Gasteiger partial charge in [-0.3, -0.25) is 4.79 Å². The minimum absolute atomic E-state index is 0.216. The first-order chi connectivity index (χ1) is 9.56. The molecule has 3 nitrogen and oxygen atoms in total. The smallest absolute Gasteiger partial charge is 0.251 e. The molecule has 0 aliphatic heterocycles. The van der Waals surface area contributed by atoms with Gasteiger partial charge in [0.05, 0.1) is 0 Å². The molecule has 0 atom stereocenters. The average molecular weight is 273 g/mol. The molecule has 2 N–H and O–H groups in total. The van der Waals surface area contributed by atoms with Gasteiger partial charge in [0.25, 0.3) is 5.91 Å². The van der Waals surface area contributed by atoms with Crippen LogP contribution in [0.2, 0.25) is 0 Å². The number of phenolic OH excluding ortho intramolecular Hbond substituents is 1. The van der Waals surface area contributed by atoms with Crippen molar-refractivity contribution in [2.75, 3.05) is 6.54 Å². The second kappa shape index (κ2) is 6.19. The average Bonchev–Trinajstić information content (AvgIpc) is 2.43. The van der Waals surface area contributed by atoms with Crippen molar-refractivity contribution in [3.05, 3.63) is 65.0 Å². The maximum absolute atomic E-state index is 13.1. The lowest BCUT2D eigenvalue weighted by molar-refractivity contribution is 0.0953. The van der Waals surface area contributed by atoms with E-state index < -0.39 is 5.82 Å². The highest BCUT2D eigenvalue weighted by Gasteiger charge is 2.09. The van der Waals surface area contributed by atoms with Crippen LogP contribution in [0.1, 0.15) is 21.5 Å². The molecule has 0 aliphatic rings. The van der Waals surface area contributed by atoms with Crippen LogP contribution in [-0.4, -0.2) is 17.6 Å². The number of aromatic hydroxyl groups is 1. The second-order valence-corrected chi connectivity index (χ2v) is 4.63. The van der Waals surface area contributed by atoms with Crippen molar-refractivity contribution in [3.8, 4) is 5.75 Å². The standard InChI is InChI=1S/C16H16FNO2/c1-11-2-5-13(17)10-15(11)16(20)18-9-8-12-3-6-14(19)7-4-12/h2-7,10,19H,8-9H2,1H3,(H,18,20). The molecule has 0 radical (unpaired) electrons. The number of benzene rings is 2. The van der Waals surface area contributed by atoms with Crippen LogP contribution >= 0.6 is 0 Å². The predicted molar refractivity (Wildman–Crippen MR) is 75.3 cm³/mol. The highest BCUT2D eigenvalue weighted by atomic mass is 19.1. The molecule has 0 saturated heterocycles. The second-order valence-electron chi connectivity index (χ2n) is 4.63.